The highest BCUT2D eigenvalue weighted by Gasteiger charge is 2.15. The number of rotatable bonds is 5. The van der Waals surface area contributed by atoms with Gasteiger partial charge in [-0.15, -0.1) is 5.10 Å². The molecule has 102 valence electrons. The molecule has 0 amide bonds. The summed E-state index contributed by atoms with van der Waals surface area (Å²) in [6.45, 7) is 9.73. The van der Waals surface area contributed by atoms with E-state index in [4.69, 9.17) is 0 Å². The van der Waals surface area contributed by atoms with Crippen LogP contribution >= 0.6 is 0 Å². The molecule has 0 aliphatic rings. The van der Waals surface area contributed by atoms with Gasteiger partial charge in [-0.1, -0.05) is 12.1 Å². The molecule has 0 aromatic carbocycles. The average Bonchev–Trinajstić information content (AvgIpc) is 2.82. The van der Waals surface area contributed by atoms with Gasteiger partial charge in [-0.2, -0.15) is 0 Å². The van der Waals surface area contributed by atoms with Crippen molar-refractivity contribution in [3.63, 3.8) is 0 Å². The van der Waals surface area contributed by atoms with Crippen LogP contribution in [0.25, 0.3) is 11.4 Å². The molecule has 0 bridgehead atoms. The van der Waals surface area contributed by atoms with E-state index in [1.807, 2.05) is 25.5 Å². The molecule has 2 heterocycles. The molecule has 0 spiro atoms. The maximum Gasteiger partial charge on any atom is 0.154 e. The van der Waals surface area contributed by atoms with E-state index in [1.165, 1.54) is 0 Å². The Morgan fingerprint density at radius 3 is 2.58 bits per heavy atom. The number of hydrogen-bond acceptors (Lipinski definition) is 5. The number of nitrogens with zero attached hydrogens (tertiary/aromatic N) is 5. The van der Waals surface area contributed by atoms with E-state index in [0.29, 0.717) is 0 Å². The van der Waals surface area contributed by atoms with Crippen molar-refractivity contribution < 1.29 is 0 Å². The summed E-state index contributed by atoms with van der Waals surface area (Å²) in [6.07, 6.45) is 2.75. The summed E-state index contributed by atoms with van der Waals surface area (Å²) in [4.78, 5) is 9.23. The molecule has 2 rings (SSSR count). The molecule has 0 radical (unpaired) electrons. The Kier molecular flexibility index (Phi) is 4.09. The van der Waals surface area contributed by atoms with Gasteiger partial charge in [0.05, 0.1) is 17.6 Å². The van der Waals surface area contributed by atoms with E-state index in [0.717, 1.165) is 48.1 Å². The molecule has 0 atom stereocenters. The lowest BCUT2D eigenvalue weighted by Gasteiger charge is -2.12. The minimum atomic E-state index is 0.797. The molecule has 6 heteroatoms. The highest BCUT2D eigenvalue weighted by atomic mass is 15.4. The Hall–Kier alpha value is -1.98. The van der Waals surface area contributed by atoms with E-state index in [2.05, 4.69) is 32.5 Å². The van der Waals surface area contributed by atoms with E-state index in [9.17, 15) is 0 Å². The second kappa shape index (κ2) is 5.77. The molecule has 6 nitrogen and oxygen atoms in total. The number of aryl methyl sites for hydroxylation is 3. The molecule has 19 heavy (non-hydrogen) atoms. The molecule has 0 saturated carbocycles. The van der Waals surface area contributed by atoms with Crippen molar-refractivity contribution in [3.05, 3.63) is 17.6 Å². The summed E-state index contributed by atoms with van der Waals surface area (Å²) < 4.78 is 1.87. The maximum absolute atomic E-state index is 4.65. The average molecular weight is 260 g/mol. The highest BCUT2D eigenvalue weighted by molar-refractivity contribution is 5.68. The van der Waals surface area contributed by atoms with Crippen LogP contribution < -0.4 is 5.32 Å². The van der Waals surface area contributed by atoms with Crippen LogP contribution in [0.3, 0.4) is 0 Å². The van der Waals surface area contributed by atoms with Crippen LogP contribution in [0.5, 0.6) is 0 Å². The smallest absolute Gasteiger partial charge is 0.154 e. The van der Waals surface area contributed by atoms with Crippen molar-refractivity contribution in [2.75, 3.05) is 11.9 Å². The first-order chi connectivity index (χ1) is 9.17. The number of nitrogens with one attached hydrogen (secondary N) is 1. The second-order valence-electron chi connectivity index (χ2n) is 4.46. The zero-order chi connectivity index (χ0) is 13.8. The van der Waals surface area contributed by atoms with Gasteiger partial charge >= 0.3 is 0 Å². The molecule has 2 aromatic heterocycles. The fraction of sp³-hybridized carbons (Fsp3) is 0.538. The van der Waals surface area contributed by atoms with Crippen molar-refractivity contribution in [1.29, 1.82) is 0 Å². The van der Waals surface area contributed by atoms with E-state index in [1.54, 1.807) is 6.20 Å². The van der Waals surface area contributed by atoms with Gasteiger partial charge < -0.3 is 5.32 Å². The summed E-state index contributed by atoms with van der Waals surface area (Å²) in [5, 5.41) is 11.4. The standard InChI is InChI=1S/C13H20N6/c1-5-7-19-11(8-15-18-19)12-13(14-6-2)17-10(4)9(3)16-12/h8H,5-7H2,1-4H3,(H,14,17). The van der Waals surface area contributed by atoms with E-state index in [-0.39, 0.29) is 0 Å². The van der Waals surface area contributed by atoms with Gasteiger partial charge in [0, 0.05) is 13.1 Å². The Balaban J connectivity index is 2.53. The topological polar surface area (TPSA) is 68.5 Å². The third-order valence-electron chi connectivity index (χ3n) is 2.95. The zero-order valence-electron chi connectivity index (χ0n) is 11.9. The van der Waals surface area contributed by atoms with Gasteiger partial charge in [0.25, 0.3) is 0 Å². The summed E-state index contributed by atoms with van der Waals surface area (Å²) in [5.41, 5.74) is 3.60. The maximum atomic E-state index is 4.65. The predicted molar refractivity (Wildman–Crippen MR) is 75.0 cm³/mol. The first-order valence-corrected chi connectivity index (χ1v) is 6.65. The van der Waals surface area contributed by atoms with Gasteiger partial charge in [-0.05, 0) is 27.2 Å². The van der Waals surface area contributed by atoms with Crippen LogP contribution in [0.4, 0.5) is 5.82 Å². The van der Waals surface area contributed by atoms with Crippen molar-refractivity contribution in [3.8, 4) is 11.4 Å². The monoisotopic (exact) mass is 260 g/mol. The van der Waals surface area contributed by atoms with Gasteiger partial charge in [-0.25, -0.2) is 14.6 Å². The van der Waals surface area contributed by atoms with Gasteiger partial charge in [0.1, 0.15) is 11.4 Å². The second-order valence-corrected chi connectivity index (χ2v) is 4.46. The SMILES string of the molecule is CCCn1nncc1-c1nc(C)c(C)nc1NCC. The van der Waals surface area contributed by atoms with Crippen LogP contribution in [0.2, 0.25) is 0 Å². The lowest BCUT2D eigenvalue weighted by atomic mass is 10.2. The lowest BCUT2D eigenvalue weighted by molar-refractivity contribution is 0.583. The van der Waals surface area contributed by atoms with E-state index >= 15 is 0 Å². The van der Waals surface area contributed by atoms with Crippen molar-refractivity contribution in [1.82, 2.24) is 25.0 Å². The number of aromatic nitrogens is 5. The molecule has 0 aliphatic carbocycles. The molecule has 0 saturated heterocycles. The normalized spacial score (nSPS) is 10.7. The summed E-state index contributed by atoms with van der Waals surface area (Å²) in [7, 11) is 0. The number of hydrogen-bond donors (Lipinski definition) is 1. The Labute approximate surface area is 113 Å². The van der Waals surface area contributed by atoms with E-state index < -0.39 is 0 Å². The minimum Gasteiger partial charge on any atom is -0.368 e. The number of anilines is 1. The van der Waals surface area contributed by atoms with Crippen molar-refractivity contribution in [2.45, 2.75) is 40.7 Å². The van der Waals surface area contributed by atoms with Crippen LogP contribution in [-0.2, 0) is 6.54 Å². The Morgan fingerprint density at radius 2 is 1.89 bits per heavy atom. The zero-order valence-corrected chi connectivity index (χ0v) is 11.9. The molecule has 0 fully saturated rings. The summed E-state index contributed by atoms with van der Waals surface area (Å²) in [6, 6.07) is 0. The fourth-order valence-corrected chi connectivity index (χ4v) is 1.89. The fourth-order valence-electron chi connectivity index (χ4n) is 1.89. The van der Waals surface area contributed by atoms with Gasteiger partial charge in [0.15, 0.2) is 5.82 Å². The third kappa shape index (κ3) is 2.72. The lowest BCUT2D eigenvalue weighted by Crippen LogP contribution is -2.09. The van der Waals surface area contributed by atoms with Crippen LogP contribution in [-0.4, -0.2) is 31.5 Å². The van der Waals surface area contributed by atoms with Gasteiger partial charge in [0.2, 0.25) is 0 Å². The molecular weight excluding hydrogens is 240 g/mol. The molecule has 0 unspecified atom stereocenters. The highest BCUT2D eigenvalue weighted by Crippen LogP contribution is 2.24. The van der Waals surface area contributed by atoms with Crippen LogP contribution in [0.15, 0.2) is 6.20 Å². The Morgan fingerprint density at radius 1 is 1.16 bits per heavy atom. The largest absolute Gasteiger partial charge is 0.368 e. The molecule has 0 aliphatic heterocycles. The quantitative estimate of drug-likeness (QED) is 0.892. The van der Waals surface area contributed by atoms with Crippen molar-refractivity contribution in [2.24, 2.45) is 0 Å². The van der Waals surface area contributed by atoms with Gasteiger partial charge in [-0.3, -0.25) is 0 Å². The van der Waals surface area contributed by atoms with Crippen molar-refractivity contribution >= 4 is 5.82 Å². The van der Waals surface area contributed by atoms with Crippen LogP contribution in [0, 0.1) is 13.8 Å². The first-order valence-electron chi connectivity index (χ1n) is 6.65. The predicted octanol–water partition coefficient (Wildman–Crippen LogP) is 2.19. The summed E-state index contributed by atoms with van der Waals surface area (Å²) in [5.74, 6) is 0.797. The molecule has 1 N–H and O–H groups in total. The molecular formula is C13H20N6. The third-order valence-corrected chi connectivity index (χ3v) is 2.95. The minimum absolute atomic E-state index is 0.797. The molecule has 2 aromatic rings. The summed E-state index contributed by atoms with van der Waals surface area (Å²) >= 11 is 0. The van der Waals surface area contributed by atoms with Crippen LogP contribution in [0.1, 0.15) is 31.7 Å². The Bertz CT molecular complexity index is 560. The first kappa shape index (κ1) is 13.5.